The molecular weight excluding hydrogens is 736 g/mol. The van der Waals surface area contributed by atoms with E-state index in [0.29, 0.717) is 0 Å². The Morgan fingerprint density at radius 1 is 0.473 bits per heavy atom. The molecule has 7 atom stereocenters. The Morgan fingerprint density at radius 3 is 1.18 bits per heavy atom. The van der Waals surface area contributed by atoms with Crippen molar-refractivity contribution in [3.05, 3.63) is 0 Å². The molecule has 0 fully saturated rings. The summed E-state index contributed by atoms with van der Waals surface area (Å²) in [6, 6.07) is -10.6. The molecule has 0 unspecified atom stereocenters. The fraction of sp³-hybridized carbons (Fsp3) is 0.656. The standard InChI is InChI=1S/C32H52N8O15/c1-13(2)24(34)30(52)40-25(14(3)4)31(53)38-18(8-11-23(46)47)28(50)37-16(6-9-21(42)43)27(49)35-15(5)26(48)36-17(7-10-22(44)45)29(51)39-19(32(54)55)12-20(33)41/h13-19,24-25H,6-12,34H2,1-5H3,(H2,33,41)(H,35,49)(H,36,48)(H,37,50)(H,38,53)(H,39,51)(H,40,52)(H,42,43)(H,44,45)(H,46,47)(H,54,55)/t15-,16-,17-,18-,19-,24-,25-/m0/s1. The normalized spacial score (nSPS) is 14.8. The van der Waals surface area contributed by atoms with Crippen LogP contribution in [0.4, 0.5) is 0 Å². The molecule has 0 aliphatic carbocycles. The maximum absolute atomic E-state index is 13.4. The number of carbonyl (C=O) groups excluding carboxylic acids is 7. The summed E-state index contributed by atoms with van der Waals surface area (Å²) < 4.78 is 0. The van der Waals surface area contributed by atoms with Crippen LogP contribution in [0.3, 0.4) is 0 Å². The van der Waals surface area contributed by atoms with Crippen LogP contribution in [0.1, 0.15) is 79.6 Å². The summed E-state index contributed by atoms with van der Waals surface area (Å²) >= 11 is 0. The van der Waals surface area contributed by atoms with Gasteiger partial charge < -0.3 is 63.8 Å². The van der Waals surface area contributed by atoms with Gasteiger partial charge in [-0.2, -0.15) is 0 Å². The first-order valence-electron chi connectivity index (χ1n) is 17.1. The molecule has 55 heavy (non-hydrogen) atoms. The summed E-state index contributed by atoms with van der Waals surface area (Å²) in [4.78, 5) is 135. The highest BCUT2D eigenvalue weighted by molar-refractivity contribution is 5.97. The molecule has 0 heterocycles. The average molecular weight is 789 g/mol. The molecule has 14 N–H and O–H groups in total. The summed E-state index contributed by atoms with van der Waals surface area (Å²) in [5, 5.41) is 50.3. The molecule has 310 valence electrons. The minimum atomic E-state index is -1.83. The van der Waals surface area contributed by atoms with Gasteiger partial charge in [0.2, 0.25) is 41.4 Å². The second kappa shape index (κ2) is 23.7. The third kappa shape index (κ3) is 19.2. The van der Waals surface area contributed by atoms with Gasteiger partial charge in [-0.3, -0.25) is 47.9 Å². The van der Waals surface area contributed by atoms with Gasteiger partial charge >= 0.3 is 23.9 Å². The second-order valence-corrected chi connectivity index (χ2v) is 13.3. The molecule has 0 spiro atoms. The minimum Gasteiger partial charge on any atom is -0.481 e. The monoisotopic (exact) mass is 788 g/mol. The topological polar surface area (TPSA) is 393 Å². The molecule has 0 saturated heterocycles. The van der Waals surface area contributed by atoms with Gasteiger partial charge in [-0.05, 0) is 38.0 Å². The van der Waals surface area contributed by atoms with Crippen LogP contribution < -0.4 is 43.4 Å². The molecule has 0 bridgehead atoms. The predicted molar refractivity (Wildman–Crippen MR) is 187 cm³/mol. The van der Waals surface area contributed by atoms with Crippen LogP contribution in [0, 0.1) is 11.8 Å². The van der Waals surface area contributed by atoms with Gasteiger partial charge in [0.1, 0.15) is 36.3 Å². The maximum atomic E-state index is 13.4. The predicted octanol–water partition coefficient (Wildman–Crippen LogP) is -3.89. The second-order valence-electron chi connectivity index (χ2n) is 13.3. The molecule has 23 nitrogen and oxygen atoms in total. The molecule has 0 aromatic heterocycles. The number of hydrogen-bond donors (Lipinski definition) is 12. The molecule has 23 heteroatoms. The van der Waals surface area contributed by atoms with Gasteiger partial charge in [0.05, 0.1) is 12.5 Å². The Hall–Kier alpha value is -5.87. The number of rotatable bonds is 26. The highest BCUT2D eigenvalue weighted by Gasteiger charge is 2.34. The smallest absolute Gasteiger partial charge is 0.326 e. The third-order valence-electron chi connectivity index (χ3n) is 7.88. The molecule has 0 saturated carbocycles. The Kier molecular flexibility index (Phi) is 21.2. The molecule has 0 aromatic rings. The van der Waals surface area contributed by atoms with Gasteiger partial charge in [-0.25, -0.2) is 4.79 Å². The zero-order chi connectivity index (χ0) is 42.7. The Bertz CT molecular complexity index is 1450. The molecule has 0 aliphatic heterocycles. The van der Waals surface area contributed by atoms with Crippen LogP contribution in [0.15, 0.2) is 0 Å². The van der Waals surface area contributed by atoms with Crippen LogP contribution >= 0.6 is 0 Å². The van der Waals surface area contributed by atoms with Crippen molar-refractivity contribution >= 4 is 65.2 Å². The van der Waals surface area contributed by atoms with Crippen molar-refractivity contribution in [2.45, 2.75) is 122 Å². The van der Waals surface area contributed by atoms with Crippen LogP contribution in [0.2, 0.25) is 0 Å². The first-order chi connectivity index (χ1) is 25.4. The molecule has 7 amide bonds. The van der Waals surface area contributed by atoms with Crippen molar-refractivity contribution in [1.82, 2.24) is 31.9 Å². The van der Waals surface area contributed by atoms with E-state index in [0.717, 1.165) is 6.92 Å². The van der Waals surface area contributed by atoms with Crippen molar-refractivity contribution in [3.63, 3.8) is 0 Å². The molecular formula is C32H52N8O15. The van der Waals surface area contributed by atoms with Crippen molar-refractivity contribution in [2.24, 2.45) is 23.3 Å². The van der Waals surface area contributed by atoms with E-state index in [4.69, 9.17) is 16.6 Å². The van der Waals surface area contributed by atoms with E-state index in [1.165, 1.54) is 0 Å². The van der Waals surface area contributed by atoms with Gasteiger partial charge in [-0.15, -0.1) is 0 Å². The molecule has 0 rings (SSSR count). The minimum absolute atomic E-state index is 0.295. The number of aliphatic carboxylic acids is 4. The number of carboxylic acids is 4. The SMILES string of the molecule is CC(C)[C@H](N)C(=O)N[C@H](C(=O)N[C@@H](CCC(=O)O)C(=O)N[C@@H](CCC(=O)O)C(=O)N[C@@H](C)C(=O)N[C@@H](CCC(=O)O)C(=O)N[C@@H](CC(N)=O)C(=O)O)C(C)C. The van der Waals surface area contributed by atoms with Crippen LogP contribution in [0.5, 0.6) is 0 Å². The number of carboxylic acid groups (broad SMARTS) is 4. The van der Waals surface area contributed by atoms with Gasteiger partial charge in [0.15, 0.2) is 0 Å². The maximum Gasteiger partial charge on any atom is 0.326 e. The van der Waals surface area contributed by atoms with Gasteiger partial charge in [-0.1, -0.05) is 27.7 Å². The summed E-state index contributed by atoms with van der Waals surface area (Å²) in [5.41, 5.74) is 10.9. The van der Waals surface area contributed by atoms with E-state index < -0.39 is 158 Å². The van der Waals surface area contributed by atoms with E-state index in [2.05, 4.69) is 26.6 Å². The first-order valence-corrected chi connectivity index (χ1v) is 17.1. The zero-order valence-electron chi connectivity index (χ0n) is 31.1. The zero-order valence-corrected chi connectivity index (χ0v) is 31.1. The summed E-state index contributed by atoms with van der Waals surface area (Å²) in [6.07, 6.45) is -4.52. The van der Waals surface area contributed by atoms with Crippen molar-refractivity contribution < 1.29 is 73.2 Å². The summed E-state index contributed by atoms with van der Waals surface area (Å²) in [5.74, 6) is -13.9. The number of hydrogen-bond acceptors (Lipinski definition) is 12. The van der Waals surface area contributed by atoms with E-state index in [1.807, 2.05) is 5.32 Å². The van der Waals surface area contributed by atoms with E-state index in [9.17, 15) is 68.1 Å². The number of nitrogens with one attached hydrogen (secondary N) is 6. The fourth-order valence-electron chi connectivity index (χ4n) is 4.58. The van der Waals surface area contributed by atoms with E-state index in [1.54, 1.807) is 27.7 Å². The Balaban J connectivity index is 6.17. The lowest BCUT2D eigenvalue weighted by Crippen LogP contribution is -2.60. The van der Waals surface area contributed by atoms with Crippen molar-refractivity contribution in [2.75, 3.05) is 0 Å². The number of carbonyl (C=O) groups is 11. The van der Waals surface area contributed by atoms with Crippen LogP contribution in [0.25, 0.3) is 0 Å². The summed E-state index contributed by atoms with van der Waals surface area (Å²) in [7, 11) is 0. The number of primary amides is 1. The lowest BCUT2D eigenvalue weighted by Gasteiger charge is -2.28. The summed E-state index contributed by atoms with van der Waals surface area (Å²) in [6.45, 7) is 7.62. The fourth-order valence-corrected chi connectivity index (χ4v) is 4.58. The van der Waals surface area contributed by atoms with E-state index >= 15 is 0 Å². The molecule has 0 radical (unpaired) electrons. The quantitative estimate of drug-likeness (QED) is 0.0399. The van der Waals surface area contributed by atoms with Crippen LogP contribution in [-0.2, 0) is 52.7 Å². The highest BCUT2D eigenvalue weighted by Crippen LogP contribution is 2.09. The molecule has 0 aliphatic rings. The number of nitrogens with two attached hydrogens (primary N) is 2. The van der Waals surface area contributed by atoms with Gasteiger partial charge in [0.25, 0.3) is 0 Å². The van der Waals surface area contributed by atoms with Gasteiger partial charge in [0, 0.05) is 19.3 Å². The average Bonchev–Trinajstić information content (AvgIpc) is 3.06. The number of amides is 7. The third-order valence-corrected chi connectivity index (χ3v) is 7.88. The van der Waals surface area contributed by atoms with E-state index in [-0.39, 0.29) is 5.92 Å². The lowest BCUT2D eigenvalue weighted by molar-refractivity contribution is -0.144. The largest absolute Gasteiger partial charge is 0.481 e. The molecule has 0 aromatic carbocycles. The first kappa shape index (κ1) is 49.1. The van der Waals surface area contributed by atoms with Crippen LogP contribution in [-0.4, -0.2) is 128 Å². The Morgan fingerprint density at radius 2 is 0.836 bits per heavy atom. The Labute approximate surface area is 315 Å². The lowest BCUT2D eigenvalue weighted by atomic mass is 9.99. The highest BCUT2D eigenvalue weighted by atomic mass is 16.4. The van der Waals surface area contributed by atoms with Crippen molar-refractivity contribution in [3.8, 4) is 0 Å². The van der Waals surface area contributed by atoms with Crippen molar-refractivity contribution in [1.29, 1.82) is 0 Å².